The smallest absolute Gasteiger partial charge is 0.179 e. The molecule has 1 saturated heterocycles. The molecular weight excluding hydrogens is 288 g/mol. The minimum atomic E-state index is -0.114. The van der Waals surface area contributed by atoms with Crippen LogP contribution in [0.3, 0.4) is 0 Å². The van der Waals surface area contributed by atoms with Gasteiger partial charge in [-0.15, -0.1) is 0 Å². The molecular formula is C19H28N2O2. The first-order chi connectivity index (χ1) is 11.1. The number of carbonyl (C=O) groups is 1. The molecule has 0 amide bonds. The average molecular weight is 316 g/mol. The summed E-state index contributed by atoms with van der Waals surface area (Å²) in [6.45, 7) is 5.34. The van der Waals surface area contributed by atoms with Gasteiger partial charge in [0.05, 0.1) is 6.04 Å². The number of fused-ring (bicyclic) bond motifs is 1. The second kappa shape index (κ2) is 7.02. The standard InChI is InChI=1S/C19H28N2O2/c1-13-11-16-12-15(6-7-18(16)20-13)19(23)14(2)21-9-4-3-5-17(21)8-10-22/h6-7,12-14,17,20,22H,3-5,8-11H2,1-2H3. The van der Waals surface area contributed by atoms with Crippen LogP contribution in [-0.4, -0.2) is 47.1 Å². The van der Waals surface area contributed by atoms with E-state index in [1.807, 2.05) is 19.1 Å². The Hall–Kier alpha value is -1.39. The number of likely N-dealkylation sites (tertiary alicyclic amines) is 1. The maximum absolute atomic E-state index is 13.0. The van der Waals surface area contributed by atoms with E-state index in [4.69, 9.17) is 0 Å². The summed E-state index contributed by atoms with van der Waals surface area (Å²) in [5.74, 6) is 0.206. The molecule has 4 heteroatoms. The van der Waals surface area contributed by atoms with Crippen LogP contribution < -0.4 is 5.32 Å². The van der Waals surface area contributed by atoms with Crippen molar-refractivity contribution in [2.75, 3.05) is 18.5 Å². The summed E-state index contributed by atoms with van der Waals surface area (Å²) in [6.07, 6.45) is 5.18. The first-order valence-electron chi connectivity index (χ1n) is 8.90. The quantitative estimate of drug-likeness (QED) is 0.820. The second-order valence-corrected chi connectivity index (χ2v) is 7.06. The van der Waals surface area contributed by atoms with E-state index in [1.54, 1.807) is 0 Å². The maximum atomic E-state index is 13.0. The molecule has 4 nitrogen and oxygen atoms in total. The summed E-state index contributed by atoms with van der Waals surface area (Å²) < 4.78 is 0. The first kappa shape index (κ1) is 16.5. The minimum absolute atomic E-state index is 0.114. The Labute approximate surface area is 138 Å². The van der Waals surface area contributed by atoms with Crippen LogP contribution in [0.2, 0.25) is 0 Å². The number of carbonyl (C=O) groups excluding carboxylic acids is 1. The van der Waals surface area contributed by atoms with Crippen LogP contribution in [0.25, 0.3) is 0 Å². The SMILES string of the molecule is CC1Cc2cc(C(=O)C(C)N3CCCCC3CCO)ccc2N1. The van der Waals surface area contributed by atoms with Crippen molar-refractivity contribution in [2.45, 2.75) is 64.1 Å². The van der Waals surface area contributed by atoms with Crippen molar-refractivity contribution >= 4 is 11.5 Å². The van der Waals surface area contributed by atoms with E-state index in [2.05, 4.69) is 23.2 Å². The summed E-state index contributed by atoms with van der Waals surface area (Å²) in [6, 6.07) is 6.73. The summed E-state index contributed by atoms with van der Waals surface area (Å²) in [5.41, 5.74) is 3.24. The van der Waals surface area contributed by atoms with Gasteiger partial charge in [0.2, 0.25) is 0 Å². The van der Waals surface area contributed by atoms with Crippen LogP contribution in [0, 0.1) is 0 Å². The summed E-state index contributed by atoms with van der Waals surface area (Å²) in [4.78, 5) is 15.3. The molecule has 23 heavy (non-hydrogen) atoms. The normalized spacial score (nSPS) is 25.7. The van der Waals surface area contributed by atoms with E-state index in [0.717, 1.165) is 43.5 Å². The summed E-state index contributed by atoms with van der Waals surface area (Å²) in [7, 11) is 0. The number of Topliss-reactive ketones (excluding diaryl/α,β-unsaturated/α-hetero) is 1. The van der Waals surface area contributed by atoms with Crippen molar-refractivity contribution in [2.24, 2.45) is 0 Å². The molecule has 3 rings (SSSR count). The lowest BCUT2D eigenvalue weighted by Gasteiger charge is -2.39. The van der Waals surface area contributed by atoms with Crippen LogP contribution in [0.15, 0.2) is 18.2 Å². The second-order valence-electron chi connectivity index (χ2n) is 7.06. The lowest BCUT2D eigenvalue weighted by molar-refractivity contribution is 0.0604. The number of ketones is 1. The third-order valence-electron chi connectivity index (χ3n) is 5.33. The lowest BCUT2D eigenvalue weighted by atomic mass is 9.94. The predicted molar refractivity (Wildman–Crippen MR) is 93.1 cm³/mol. The van der Waals surface area contributed by atoms with Gasteiger partial charge in [-0.2, -0.15) is 0 Å². The van der Waals surface area contributed by atoms with Crippen LogP contribution in [0.4, 0.5) is 5.69 Å². The highest BCUT2D eigenvalue weighted by molar-refractivity contribution is 6.00. The number of aliphatic hydroxyl groups excluding tert-OH is 1. The largest absolute Gasteiger partial charge is 0.396 e. The molecule has 3 atom stereocenters. The number of hydrogen-bond donors (Lipinski definition) is 2. The molecule has 3 unspecified atom stereocenters. The number of rotatable bonds is 5. The Morgan fingerprint density at radius 3 is 3.04 bits per heavy atom. The van der Waals surface area contributed by atoms with Crippen molar-refractivity contribution in [3.05, 3.63) is 29.3 Å². The molecule has 2 aliphatic rings. The van der Waals surface area contributed by atoms with Crippen molar-refractivity contribution in [3.8, 4) is 0 Å². The van der Waals surface area contributed by atoms with Gasteiger partial charge in [-0.3, -0.25) is 9.69 Å². The van der Waals surface area contributed by atoms with E-state index in [0.29, 0.717) is 12.1 Å². The van der Waals surface area contributed by atoms with Crippen molar-refractivity contribution in [3.63, 3.8) is 0 Å². The van der Waals surface area contributed by atoms with Gasteiger partial charge in [-0.05, 0) is 69.8 Å². The predicted octanol–water partition coefficient (Wildman–Crippen LogP) is 2.85. The molecule has 1 aromatic rings. The highest BCUT2D eigenvalue weighted by atomic mass is 16.3. The van der Waals surface area contributed by atoms with Gasteiger partial charge in [-0.25, -0.2) is 0 Å². The molecule has 0 aliphatic carbocycles. The topological polar surface area (TPSA) is 52.6 Å². The number of piperidine rings is 1. The van der Waals surface area contributed by atoms with E-state index >= 15 is 0 Å². The Kier molecular flexibility index (Phi) is 5.02. The number of anilines is 1. The van der Waals surface area contributed by atoms with Crippen LogP contribution >= 0.6 is 0 Å². The van der Waals surface area contributed by atoms with E-state index in [1.165, 1.54) is 12.0 Å². The number of hydrogen-bond acceptors (Lipinski definition) is 4. The number of aliphatic hydroxyl groups is 1. The Morgan fingerprint density at radius 1 is 1.43 bits per heavy atom. The van der Waals surface area contributed by atoms with Gasteiger partial charge in [0.25, 0.3) is 0 Å². The average Bonchev–Trinajstić information content (AvgIpc) is 2.93. The molecule has 0 radical (unpaired) electrons. The number of nitrogens with zero attached hydrogens (tertiary/aromatic N) is 1. The fraction of sp³-hybridized carbons (Fsp3) is 0.632. The summed E-state index contributed by atoms with van der Waals surface area (Å²) >= 11 is 0. The van der Waals surface area contributed by atoms with Gasteiger partial charge in [0, 0.05) is 29.9 Å². The Morgan fingerprint density at radius 2 is 2.26 bits per heavy atom. The molecule has 1 fully saturated rings. The Bertz CT molecular complexity index is 570. The van der Waals surface area contributed by atoms with Gasteiger partial charge in [0.1, 0.15) is 0 Å². The van der Waals surface area contributed by atoms with Crippen LogP contribution in [-0.2, 0) is 6.42 Å². The zero-order valence-corrected chi connectivity index (χ0v) is 14.2. The first-order valence-corrected chi connectivity index (χ1v) is 8.90. The van der Waals surface area contributed by atoms with E-state index in [-0.39, 0.29) is 18.4 Å². The van der Waals surface area contributed by atoms with E-state index < -0.39 is 0 Å². The zero-order valence-electron chi connectivity index (χ0n) is 14.2. The molecule has 2 heterocycles. The zero-order chi connectivity index (χ0) is 16.4. The van der Waals surface area contributed by atoms with Crippen LogP contribution in [0.1, 0.15) is 55.5 Å². The fourth-order valence-corrected chi connectivity index (χ4v) is 4.09. The molecule has 2 aliphatic heterocycles. The van der Waals surface area contributed by atoms with Crippen molar-refractivity contribution < 1.29 is 9.90 Å². The third-order valence-corrected chi connectivity index (χ3v) is 5.33. The Balaban J connectivity index is 1.75. The van der Waals surface area contributed by atoms with Crippen molar-refractivity contribution in [1.82, 2.24) is 4.90 Å². The monoisotopic (exact) mass is 316 g/mol. The molecule has 0 spiro atoms. The lowest BCUT2D eigenvalue weighted by Crippen LogP contribution is -2.48. The van der Waals surface area contributed by atoms with Gasteiger partial charge in [0.15, 0.2) is 5.78 Å². The van der Waals surface area contributed by atoms with E-state index in [9.17, 15) is 9.90 Å². The minimum Gasteiger partial charge on any atom is -0.396 e. The third kappa shape index (κ3) is 3.43. The highest BCUT2D eigenvalue weighted by Crippen LogP contribution is 2.28. The number of benzene rings is 1. The molecule has 0 bridgehead atoms. The number of nitrogens with one attached hydrogen (secondary N) is 1. The molecule has 0 aromatic heterocycles. The van der Waals surface area contributed by atoms with Gasteiger partial charge in [-0.1, -0.05) is 6.42 Å². The molecule has 2 N–H and O–H groups in total. The van der Waals surface area contributed by atoms with Gasteiger partial charge < -0.3 is 10.4 Å². The maximum Gasteiger partial charge on any atom is 0.179 e. The fourth-order valence-electron chi connectivity index (χ4n) is 4.09. The highest BCUT2D eigenvalue weighted by Gasteiger charge is 2.31. The van der Waals surface area contributed by atoms with Gasteiger partial charge >= 0.3 is 0 Å². The van der Waals surface area contributed by atoms with Crippen molar-refractivity contribution in [1.29, 1.82) is 0 Å². The molecule has 1 aromatic carbocycles. The van der Waals surface area contributed by atoms with Crippen LogP contribution in [0.5, 0.6) is 0 Å². The molecule has 0 saturated carbocycles. The summed E-state index contributed by atoms with van der Waals surface area (Å²) in [5, 5.41) is 12.7. The molecule has 126 valence electrons.